The molecule has 3 unspecified atom stereocenters. The summed E-state index contributed by atoms with van der Waals surface area (Å²) >= 11 is 0. The van der Waals surface area contributed by atoms with Crippen molar-refractivity contribution in [2.75, 3.05) is 6.54 Å². The highest BCUT2D eigenvalue weighted by atomic mass is 16.1. The maximum atomic E-state index is 11.9. The molecule has 0 aromatic rings. The van der Waals surface area contributed by atoms with Crippen LogP contribution in [0.5, 0.6) is 0 Å². The van der Waals surface area contributed by atoms with E-state index >= 15 is 0 Å². The first-order valence-corrected chi connectivity index (χ1v) is 5.61. The van der Waals surface area contributed by atoms with Crippen LogP contribution < -0.4 is 5.32 Å². The second-order valence-electron chi connectivity index (χ2n) is 4.98. The van der Waals surface area contributed by atoms with Gasteiger partial charge in [0.2, 0.25) is 0 Å². The molecular weight excluding hydrogens is 162 g/mol. The summed E-state index contributed by atoms with van der Waals surface area (Å²) < 4.78 is 0. The Kier molecular flexibility index (Phi) is 1.72. The number of nitrogens with one attached hydrogen (secondary N) is 1. The van der Waals surface area contributed by atoms with Gasteiger partial charge in [0.05, 0.1) is 0 Å². The van der Waals surface area contributed by atoms with Gasteiger partial charge in [-0.05, 0) is 44.6 Å². The lowest BCUT2D eigenvalue weighted by atomic mass is 9.71. The summed E-state index contributed by atoms with van der Waals surface area (Å²) in [5.74, 6) is 2.24. The van der Waals surface area contributed by atoms with E-state index in [-0.39, 0.29) is 0 Å². The van der Waals surface area contributed by atoms with Crippen LogP contribution in [-0.2, 0) is 4.79 Å². The molecule has 2 saturated heterocycles. The molecule has 3 atom stereocenters. The summed E-state index contributed by atoms with van der Waals surface area (Å²) in [4.78, 5) is 11.9. The molecule has 2 heteroatoms. The first-order valence-electron chi connectivity index (χ1n) is 5.61. The van der Waals surface area contributed by atoms with Gasteiger partial charge < -0.3 is 5.32 Å². The van der Waals surface area contributed by atoms with Crippen LogP contribution >= 0.6 is 0 Å². The van der Waals surface area contributed by atoms with E-state index < -0.39 is 0 Å². The van der Waals surface area contributed by atoms with Crippen molar-refractivity contribution >= 4 is 5.78 Å². The Morgan fingerprint density at radius 1 is 1.15 bits per heavy atom. The second-order valence-corrected chi connectivity index (χ2v) is 4.98. The zero-order valence-electron chi connectivity index (χ0n) is 7.96. The number of hydrogen-bond acceptors (Lipinski definition) is 2. The highest BCUT2D eigenvalue weighted by Gasteiger charge is 2.43. The zero-order chi connectivity index (χ0) is 8.84. The smallest absolute Gasteiger partial charge is 0.140 e. The lowest BCUT2D eigenvalue weighted by molar-refractivity contribution is -0.127. The minimum Gasteiger partial charge on any atom is -0.313 e. The molecule has 4 fully saturated rings. The van der Waals surface area contributed by atoms with E-state index in [9.17, 15) is 4.79 Å². The minimum atomic E-state index is 0.389. The molecule has 1 N–H and O–H groups in total. The minimum absolute atomic E-state index is 0.389. The molecule has 0 spiro atoms. The van der Waals surface area contributed by atoms with Crippen molar-refractivity contribution < 1.29 is 4.79 Å². The lowest BCUT2D eigenvalue weighted by Crippen LogP contribution is -2.52. The molecule has 0 radical (unpaired) electrons. The van der Waals surface area contributed by atoms with Gasteiger partial charge >= 0.3 is 0 Å². The van der Waals surface area contributed by atoms with Gasteiger partial charge in [-0.3, -0.25) is 4.79 Å². The highest BCUT2D eigenvalue weighted by Crippen LogP contribution is 2.40. The number of ketones is 1. The maximum absolute atomic E-state index is 11.9. The number of carbonyl (C=O) groups is 1. The molecule has 2 bridgehead atoms. The van der Waals surface area contributed by atoms with Crippen LogP contribution in [0.2, 0.25) is 0 Å². The Morgan fingerprint density at radius 3 is 2.46 bits per heavy atom. The summed E-state index contributed by atoms with van der Waals surface area (Å²) in [7, 11) is 0. The number of piperidine rings is 2. The molecule has 2 nitrogen and oxygen atoms in total. The molecular formula is C11H17NO. The van der Waals surface area contributed by atoms with Gasteiger partial charge in [0, 0.05) is 17.9 Å². The SMILES string of the molecule is O=C(C1CC1)C1CC2CCC1NC2. The third-order valence-electron chi connectivity index (χ3n) is 3.97. The summed E-state index contributed by atoms with van der Waals surface area (Å²) in [6, 6.07) is 0.540. The number of fused-ring (bicyclic) bond motifs is 3. The van der Waals surface area contributed by atoms with Crippen molar-refractivity contribution in [2.45, 2.75) is 38.1 Å². The predicted octanol–water partition coefficient (Wildman–Crippen LogP) is 1.35. The number of rotatable bonds is 2. The first kappa shape index (κ1) is 7.98. The van der Waals surface area contributed by atoms with E-state index in [1.165, 1.54) is 38.6 Å². The summed E-state index contributed by atoms with van der Waals surface area (Å²) in [5.41, 5.74) is 0. The normalized spacial score (nSPS) is 43.5. The third-order valence-corrected chi connectivity index (χ3v) is 3.97. The van der Waals surface area contributed by atoms with Gasteiger partial charge in [-0.15, -0.1) is 0 Å². The first-order chi connectivity index (χ1) is 6.34. The van der Waals surface area contributed by atoms with Crippen molar-refractivity contribution in [1.29, 1.82) is 0 Å². The van der Waals surface area contributed by atoms with Crippen LogP contribution in [0.4, 0.5) is 0 Å². The third kappa shape index (κ3) is 1.32. The van der Waals surface area contributed by atoms with E-state index in [0.29, 0.717) is 23.7 Å². The van der Waals surface area contributed by atoms with Crippen molar-refractivity contribution in [3.63, 3.8) is 0 Å². The van der Waals surface area contributed by atoms with Gasteiger partial charge in [0.15, 0.2) is 0 Å². The Morgan fingerprint density at radius 2 is 2.00 bits per heavy atom. The van der Waals surface area contributed by atoms with Gasteiger partial charge in [-0.1, -0.05) is 0 Å². The van der Waals surface area contributed by atoms with Crippen LogP contribution in [0.15, 0.2) is 0 Å². The molecule has 2 saturated carbocycles. The Hall–Kier alpha value is -0.370. The quantitative estimate of drug-likeness (QED) is 0.693. The van der Waals surface area contributed by atoms with Crippen molar-refractivity contribution in [3.05, 3.63) is 0 Å². The largest absolute Gasteiger partial charge is 0.313 e. The number of hydrogen-bond donors (Lipinski definition) is 1. The number of Topliss-reactive ketones (excluding diaryl/α,β-unsaturated/α-hetero) is 1. The monoisotopic (exact) mass is 179 g/mol. The van der Waals surface area contributed by atoms with E-state index in [1.54, 1.807) is 0 Å². The Balaban J connectivity index is 1.73. The fourth-order valence-electron chi connectivity index (χ4n) is 2.99. The van der Waals surface area contributed by atoms with Crippen LogP contribution in [0.1, 0.15) is 32.1 Å². The molecule has 0 aromatic heterocycles. The van der Waals surface area contributed by atoms with Gasteiger partial charge in [0.25, 0.3) is 0 Å². The van der Waals surface area contributed by atoms with Crippen LogP contribution in [0.25, 0.3) is 0 Å². The van der Waals surface area contributed by atoms with Gasteiger partial charge in [-0.2, -0.15) is 0 Å². The highest BCUT2D eigenvalue weighted by molar-refractivity contribution is 5.86. The van der Waals surface area contributed by atoms with Crippen molar-refractivity contribution in [3.8, 4) is 0 Å². The molecule has 2 aliphatic heterocycles. The van der Waals surface area contributed by atoms with Crippen LogP contribution in [0, 0.1) is 17.8 Å². The average molecular weight is 179 g/mol. The number of carbonyl (C=O) groups excluding carboxylic acids is 1. The Bertz CT molecular complexity index is 226. The van der Waals surface area contributed by atoms with Crippen molar-refractivity contribution in [1.82, 2.24) is 5.32 Å². The Labute approximate surface area is 79.1 Å². The summed E-state index contributed by atoms with van der Waals surface area (Å²) in [6.07, 6.45) is 6.13. The zero-order valence-corrected chi connectivity index (χ0v) is 7.96. The standard InChI is InChI=1S/C11H17NO/c13-11(8-2-3-8)9-5-7-1-4-10(9)12-6-7/h7-10,12H,1-6H2. The molecule has 72 valence electrons. The van der Waals surface area contributed by atoms with E-state index in [2.05, 4.69) is 5.32 Å². The molecule has 0 amide bonds. The molecule has 4 rings (SSSR count). The van der Waals surface area contributed by atoms with Crippen LogP contribution in [0.3, 0.4) is 0 Å². The fraction of sp³-hybridized carbons (Fsp3) is 0.909. The maximum Gasteiger partial charge on any atom is 0.140 e. The molecule has 4 aliphatic rings. The van der Waals surface area contributed by atoms with Crippen LogP contribution in [-0.4, -0.2) is 18.4 Å². The fourth-order valence-corrected chi connectivity index (χ4v) is 2.99. The van der Waals surface area contributed by atoms with Gasteiger partial charge in [-0.25, -0.2) is 0 Å². The topological polar surface area (TPSA) is 29.1 Å². The van der Waals surface area contributed by atoms with Gasteiger partial charge in [0.1, 0.15) is 5.78 Å². The summed E-state index contributed by atoms with van der Waals surface area (Å²) in [5, 5.41) is 3.51. The molecule has 0 aromatic carbocycles. The van der Waals surface area contributed by atoms with E-state index in [1.807, 2.05) is 0 Å². The molecule has 13 heavy (non-hydrogen) atoms. The summed E-state index contributed by atoms with van der Waals surface area (Å²) in [6.45, 7) is 1.17. The molecule has 2 heterocycles. The average Bonchev–Trinajstić information content (AvgIpc) is 3.02. The lowest BCUT2D eigenvalue weighted by Gasteiger charge is -2.42. The van der Waals surface area contributed by atoms with E-state index in [4.69, 9.17) is 0 Å². The van der Waals surface area contributed by atoms with E-state index in [0.717, 1.165) is 5.92 Å². The second kappa shape index (κ2) is 2.81. The molecule has 2 aliphatic carbocycles. The van der Waals surface area contributed by atoms with Crippen molar-refractivity contribution in [2.24, 2.45) is 17.8 Å². The predicted molar refractivity (Wildman–Crippen MR) is 50.4 cm³/mol.